The van der Waals surface area contributed by atoms with Gasteiger partial charge in [0.2, 0.25) is 0 Å². The molecule has 2 atom stereocenters. The minimum absolute atomic E-state index is 0.189. The summed E-state index contributed by atoms with van der Waals surface area (Å²) in [5.74, 6) is 0. The zero-order valence-corrected chi connectivity index (χ0v) is 13.5. The summed E-state index contributed by atoms with van der Waals surface area (Å²) >= 11 is 0. The van der Waals surface area contributed by atoms with E-state index in [1.807, 2.05) is 25.1 Å². The Bertz CT molecular complexity index is 811. The largest absolute Gasteiger partial charge is 0.416 e. The molecule has 4 nitrogen and oxygen atoms in total. The molecule has 130 valence electrons. The van der Waals surface area contributed by atoms with Crippen LogP contribution in [0.5, 0.6) is 0 Å². The monoisotopic (exact) mass is 346 g/mol. The van der Waals surface area contributed by atoms with Crippen molar-refractivity contribution in [2.45, 2.75) is 31.6 Å². The van der Waals surface area contributed by atoms with Crippen molar-refractivity contribution in [2.24, 2.45) is 0 Å². The first-order chi connectivity index (χ1) is 11.9. The molecule has 1 fully saturated rings. The van der Waals surface area contributed by atoms with Crippen molar-refractivity contribution in [1.82, 2.24) is 16.4 Å². The second kappa shape index (κ2) is 6.84. The SMILES string of the molecule is Cc1cc(C2NNNC2C#N)ccc1Cc1cccc(C(F)(F)F)c1. The summed E-state index contributed by atoms with van der Waals surface area (Å²) in [4.78, 5) is 0. The lowest BCUT2D eigenvalue weighted by Crippen LogP contribution is -2.32. The fourth-order valence-corrected chi connectivity index (χ4v) is 2.93. The van der Waals surface area contributed by atoms with Crippen molar-refractivity contribution in [3.8, 4) is 6.07 Å². The second-order valence-corrected chi connectivity index (χ2v) is 6.06. The van der Waals surface area contributed by atoms with E-state index in [2.05, 4.69) is 22.5 Å². The van der Waals surface area contributed by atoms with Crippen LogP contribution in [0.1, 0.15) is 33.9 Å². The molecule has 1 aliphatic heterocycles. The zero-order chi connectivity index (χ0) is 18.0. The van der Waals surface area contributed by atoms with Crippen LogP contribution in [-0.4, -0.2) is 6.04 Å². The molecular weight excluding hydrogens is 329 g/mol. The molecular formula is C18H17F3N4. The van der Waals surface area contributed by atoms with E-state index >= 15 is 0 Å². The maximum absolute atomic E-state index is 12.8. The maximum Gasteiger partial charge on any atom is 0.416 e. The van der Waals surface area contributed by atoms with E-state index < -0.39 is 17.8 Å². The molecule has 1 heterocycles. The Balaban J connectivity index is 1.82. The molecule has 1 saturated heterocycles. The third-order valence-electron chi connectivity index (χ3n) is 4.30. The fourth-order valence-electron chi connectivity index (χ4n) is 2.93. The van der Waals surface area contributed by atoms with E-state index in [1.54, 1.807) is 6.07 Å². The van der Waals surface area contributed by atoms with E-state index in [0.29, 0.717) is 12.0 Å². The lowest BCUT2D eigenvalue weighted by Gasteiger charge is -2.15. The number of hydrogen-bond donors (Lipinski definition) is 3. The summed E-state index contributed by atoms with van der Waals surface area (Å²) in [6, 6.07) is 12.7. The second-order valence-electron chi connectivity index (χ2n) is 6.06. The van der Waals surface area contributed by atoms with Crippen LogP contribution >= 0.6 is 0 Å². The molecule has 0 saturated carbocycles. The van der Waals surface area contributed by atoms with E-state index in [-0.39, 0.29) is 6.04 Å². The van der Waals surface area contributed by atoms with Gasteiger partial charge in [-0.05, 0) is 41.7 Å². The normalized spacial score (nSPS) is 20.4. The molecule has 2 aromatic rings. The molecule has 7 heteroatoms. The first kappa shape index (κ1) is 17.4. The van der Waals surface area contributed by atoms with Crippen molar-refractivity contribution in [3.05, 3.63) is 70.3 Å². The van der Waals surface area contributed by atoms with Gasteiger partial charge in [0.25, 0.3) is 0 Å². The first-order valence-electron chi connectivity index (χ1n) is 7.80. The number of nitrogens with zero attached hydrogens (tertiary/aromatic N) is 1. The number of halogens is 3. The molecule has 2 unspecified atom stereocenters. The molecule has 0 bridgehead atoms. The van der Waals surface area contributed by atoms with Crippen LogP contribution < -0.4 is 16.4 Å². The van der Waals surface area contributed by atoms with Crippen LogP contribution in [0.25, 0.3) is 0 Å². The van der Waals surface area contributed by atoms with Gasteiger partial charge in [0.15, 0.2) is 0 Å². The van der Waals surface area contributed by atoms with Gasteiger partial charge in [-0.3, -0.25) is 0 Å². The highest BCUT2D eigenvalue weighted by molar-refractivity contribution is 5.38. The van der Waals surface area contributed by atoms with Crippen LogP contribution in [0, 0.1) is 18.3 Å². The summed E-state index contributed by atoms with van der Waals surface area (Å²) in [6.07, 6.45) is -3.92. The molecule has 0 spiro atoms. The van der Waals surface area contributed by atoms with Gasteiger partial charge >= 0.3 is 6.18 Å². The quantitative estimate of drug-likeness (QED) is 0.799. The Morgan fingerprint density at radius 3 is 2.60 bits per heavy atom. The summed E-state index contributed by atoms with van der Waals surface area (Å²) in [7, 11) is 0. The van der Waals surface area contributed by atoms with Crippen LogP contribution in [-0.2, 0) is 12.6 Å². The van der Waals surface area contributed by atoms with E-state index in [1.165, 1.54) is 12.1 Å². The molecule has 0 aromatic heterocycles. The first-order valence-corrected chi connectivity index (χ1v) is 7.80. The third-order valence-corrected chi connectivity index (χ3v) is 4.30. The number of rotatable bonds is 3. The highest BCUT2D eigenvalue weighted by Gasteiger charge is 2.30. The Kier molecular flexibility index (Phi) is 4.77. The van der Waals surface area contributed by atoms with Gasteiger partial charge in [0.1, 0.15) is 6.04 Å². The molecule has 0 amide bonds. The molecule has 2 aromatic carbocycles. The minimum atomic E-state index is -4.34. The standard InChI is InChI=1S/C18H17F3N4/c1-11-7-14(17-16(10-22)23-25-24-17)6-5-13(11)8-12-3-2-4-15(9-12)18(19,20)21/h2-7,9,16-17,23-25H,8H2,1H3. The Morgan fingerprint density at radius 1 is 1.12 bits per heavy atom. The van der Waals surface area contributed by atoms with Crippen molar-refractivity contribution in [3.63, 3.8) is 0 Å². The summed E-state index contributed by atoms with van der Waals surface area (Å²) in [5, 5.41) is 9.12. The highest BCUT2D eigenvalue weighted by atomic mass is 19.4. The number of nitrogens with one attached hydrogen (secondary N) is 3. The Labute approximate surface area is 143 Å². The van der Waals surface area contributed by atoms with Gasteiger partial charge < -0.3 is 0 Å². The van der Waals surface area contributed by atoms with E-state index in [4.69, 9.17) is 5.26 Å². The van der Waals surface area contributed by atoms with Crippen molar-refractivity contribution >= 4 is 0 Å². The average molecular weight is 346 g/mol. The molecule has 25 heavy (non-hydrogen) atoms. The molecule has 3 N–H and O–H groups in total. The average Bonchev–Trinajstić information content (AvgIpc) is 3.05. The smallest absolute Gasteiger partial charge is 0.234 e. The Hall–Kier alpha value is -2.40. The molecule has 3 rings (SSSR count). The third kappa shape index (κ3) is 3.82. The van der Waals surface area contributed by atoms with Gasteiger partial charge in [0.05, 0.1) is 17.7 Å². The predicted octanol–water partition coefficient (Wildman–Crippen LogP) is 3.15. The topological polar surface area (TPSA) is 59.9 Å². The predicted molar refractivity (Wildman–Crippen MR) is 87.0 cm³/mol. The zero-order valence-electron chi connectivity index (χ0n) is 13.5. The number of alkyl halides is 3. The maximum atomic E-state index is 12.8. The van der Waals surface area contributed by atoms with Crippen molar-refractivity contribution in [2.75, 3.05) is 0 Å². The minimum Gasteiger partial charge on any atom is -0.234 e. The summed E-state index contributed by atoms with van der Waals surface area (Å²) < 4.78 is 38.5. The van der Waals surface area contributed by atoms with Gasteiger partial charge in [-0.2, -0.15) is 24.0 Å². The molecule has 1 aliphatic rings. The summed E-state index contributed by atoms with van der Waals surface area (Å²) in [6.45, 7) is 1.92. The van der Waals surface area contributed by atoms with Gasteiger partial charge in [0, 0.05) is 0 Å². The lowest BCUT2D eigenvalue weighted by molar-refractivity contribution is -0.137. The van der Waals surface area contributed by atoms with Gasteiger partial charge in [-0.15, -0.1) is 0 Å². The van der Waals surface area contributed by atoms with Crippen LogP contribution in [0.2, 0.25) is 0 Å². The number of aryl methyl sites for hydroxylation is 1. The number of nitriles is 1. The fraction of sp³-hybridized carbons (Fsp3) is 0.278. The molecule has 0 aliphatic carbocycles. The number of hydrazine groups is 2. The Morgan fingerprint density at radius 2 is 1.92 bits per heavy atom. The van der Waals surface area contributed by atoms with E-state index in [0.717, 1.165) is 22.8 Å². The van der Waals surface area contributed by atoms with Crippen molar-refractivity contribution < 1.29 is 13.2 Å². The van der Waals surface area contributed by atoms with Gasteiger partial charge in [-0.1, -0.05) is 36.4 Å². The lowest BCUT2D eigenvalue weighted by atomic mass is 9.94. The van der Waals surface area contributed by atoms with Crippen LogP contribution in [0.4, 0.5) is 13.2 Å². The summed E-state index contributed by atoms with van der Waals surface area (Å²) in [5.41, 5.74) is 11.4. The van der Waals surface area contributed by atoms with Crippen LogP contribution in [0.3, 0.4) is 0 Å². The highest BCUT2D eigenvalue weighted by Crippen LogP contribution is 2.30. The molecule has 0 radical (unpaired) electrons. The van der Waals surface area contributed by atoms with Crippen molar-refractivity contribution in [1.29, 1.82) is 5.26 Å². The number of benzene rings is 2. The van der Waals surface area contributed by atoms with E-state index in [9.17, 15) is 13.2 Å². The van der Waals surface area contributed by atoms with Crippen LogP contribution in [0.15, 0.2) is 42.5 Å². The number of hydrogen-bond acceptors (Lipinski definition) is 4. The van der Waals surface area contributed by atoms with Gasteiger partial charge in [-0.25, -0.2) is 10.9 Å².